The third-order valence-electron chi connectivity index (χ3n) is 4.83. The first kappa shape index (κ1) is 16.0. The molecule has 1 amide bonds. The maximum atomic E-state index is 12.6. The van der Waals surface area contributed by atoms with Crippen LogP contribution in [0.1, 0.15) is 29.2 Å². The van der Waals surface area contributed by atoms with Gasteiger partial charge in [-0.3, -0.25) is 9.36 Å². The number of nitrogens with zero attached hydrogens (tertiary/aromatic N) is 2. The number of imidazole rings is 1. The maximum absolute atomic E-state index is 12.6. The van der Waals surface area contributed by atoms with E-state index < -0.39 is 0 Å². The van der Waals surface area contributed by atoms with Crippen molar-refractivity contribution in [3.63, 3.8) is 0 Å². The Morgan fingerprint density at radius 2 is 1.72 bits per heavy atom. The monoisotopic (exact) mass is 355 g/mol. The van der Waals surface area contributed by atoms with E-state index in [4.69, 9.17) is 11.6 Å². The highest BCUT2D eigenvalue weighted by atomic mass is 35.5. The van der Waals surface area contributed by atoms with Crippen LogP contribution >= 0.6 is 11.6 Å². The molecule has 0 aliphatic carbocycles. The summed E-state index contributed by atoms with van der Waals surface area (Å²) in [6.45, 7) is 1.27. The average molecular weight is 356 g/mol. The highest BCUT2D eigenvalue weighted by Gasteiger charge is 2.26. The molecule has 1 aromatic heterocycles. The number of fused-ring (bicyclic) bond motifs is 1. The van der Waals surface area contributed by atoms with Gasteiger partial charge in [-0.1, -0.05) is 23.7 Å². The molecule has 2 aromatic carbocycles. The summed E-state index contributed by atoms with van der Waals surface area (Å²) in [5.74, 6) is 0.0152. The van der Waals surface area contributed by atoms with Crippen molar-refractivity contribution in [3.8, 4) is 0 Å². The molecule has 0 saturated carbocycles. The molecule has 1 saturated heterocycles. The average Bonchev–Trinajstić information content (AvgIpc) is 2.97. The first-order chi connectivity index (χ1) is 12.1. The molecule has 25 heavy (non-hydrogen) atoms. The minimum Gasteiger partial charge on any atom is -0.338 e. The Labute approximate surface area is 149 Å². The molecule has 0 bridgehead atoms. The molecule has 128 valence electrons. The molecule has 0 spiro atoms. The van der Waals surface area contributed by atoms with Crippen molar-refractivity contribution in [2.75, 3.05) is 13.1 Å². The van der Waals surface area contributed by atoms with E-state index in [0.717, 1.165) is 23.9 Å². The SMILES string of the molecule is O=C(c1ccc(Cl)cc1)N1CCC(n2c(=O)[nH]c3ccccc32)CC1. The first-order valence-electron chi connectivity index (χ1n) is 8.37. The number of piperidine rings is 1. The Morgan fingerprint density at radius 3 is 2.44 bits per heavy atom. The molecule has 1 aliphatic heterocycles. The van der Waals surface area contributed by atoms with Crippen LogP contribution in [0.2, 0.25) is 5.02 Å². The molecular formula is C19H18ClN3O2. The van der Waals surface area contributed by atoms with Crippen LogP contribution in [-0.2, 0) is 0 Å². The van der Waals surface area contributed by atoms with Crippen molar-refractivity contribution in [2.24, 2.45) is 0 Å². The molecule has 6 heteroatoms. The van der Waals surface area contributed by atoms with Gasteiger partial charge in [0.2, 0.25) is 0 Å². The number of aromatic amines is 1. The summed E-state index contributed by atoms with van der Waals surface area (Å²) in [6.07, 6.45) is 1.53. The van der Waals surface area contributed by atoms with Gasteiger partial charge < -0.3 is 9.88 Å². The fourth-order valence-corrected chi connectivity index (χ4v) is 3.66. The Bertz CT molecular complexity index is 966. The largest absolute Gasteiger partial charge is 0.338 e. The topological polar surface area (TPSA) is 58.1 Å². The summed E-state index contributed by atoms with van der Waals surface area (Å²) >= 11 is 5.88. The van der Waals surface area contributed by atoms with Gasteiger partial charge in [0, 0.05) is 29.7 Å². The van der Waals surface area contributed by atoms with Crippen molar-refractivity contribution in [1.29, 1.82) is 0 Å². The number of H-pyrrole nitrogens is 1. The van der Waals surface area contributed by atoms with E-state index in [9.17, 15) is 9.59 Å². The second-order valence-electron chi connectivity index (χ2n) is 6.35. The summed E-state index contributed by atoms with van der Waals surface area (Å²) in [6, 6.07) is 14.8. The van der Waals surface area contributed by atoms with Crippen LogP contribution in [0.3, 0.4) is 0 Å². The predicted octanol–water partition coefficient (Wildman–Crippen LogP) is 3.46. The van der Waals surface area contributed by atoms with Crippen LogP contribution in [-0.4, -0.2) is 33.4 Å². The number of hydrogen-bond donors (Lipinski definition) is 1. The highest BCUT2D eigenvalue weighted by Crippen LogP contribution is 2.25. The van der Waals surface area contributed by atoms with E-state index in [1.54, 1.807) is 24.3 Å². The normalized spacial score (nSPS) is 15.6. The van der Waals surface area contributed by atoms with Crippen LogP contribution in [0.5, 0.6) is 0 Å². The third-order valence-corrected chi connectivity index (χ3v) is 5.08. The Balaban J connectivity index is 1.51. The lowest BCUT2D eigenvalue weighted by Crippen LogP contribution is -2.40. The van der Waals surface area contributed by atoms with Gasteiger partial charge in [0.15, 0.2) is 0 Å². The van der Waals surface area contributed by atoms with Gasteiger partial charge in [0.25, 0.3) is 5.91 Å². The number of benzene rings is 2. The smallest absolute Gasteiger partial charge is 0.326 e. The second kappa shape index (κ2) is 6.41. The summed E-state index contributed by atoms with van der Waals surface area (Å²) in [4.78, 5) is 29.7. The van der Waals surface area contributed by atoms with Gasteiger partial charge >= 0.3 is 5.69 Å². The highest BCUT2D eigenvalue weighted by molar-refractivity contribution is 6.30. The number of aromatic nitrogens is 2. The molecule has 1 fully saturated rings. The molecule has 4 rings (SSSR count). The van der Waals surface area contributed by atoms with Gasteiger partial charge in [-0.05, 0) is 49.2 Å². The Kier molecular flexibility index (Phi) is 4.09. The molecule has 0 radical (unpaired) electrons. The van der Waals surface area contributed by atoms with Crippen LogP contribution in [0.25, 0.3) is 11.0 Å². The minimum atomic E-state index is -0.0799. The Hall–Kier alpha value is -2.53. The minimum absolute atomic E-state index is 0.0152. The van der Waals surface area contributed by atoms with Crippen LogP contribution in [0, 0.1) is 0 Å². The zero-order chi connectivity index (χ0) is 17.4. The van der Waals surface area contributed by atoms with Crippen molar-refractivity contribution in [1.82, 2.24) is 14.5 Å². The van der Waals surface area contributed by atoms with Crippen molar-refractivity contribution in [3.05, 3.63) is 69.6 Å². The molecule has 3 aromatic rings. The fourth-order valence-electron chi connectivity index (χ4n) is 3.54. The summed E-state index contributed by atoms with van der Waals surface area (Å²) in [5, 5.41) is 0.619. The van der Waals surface area contributed by atoms with E-state index in [0.29, 0.717) is 23.7 Å². The summed E-state index contributed by atoms with van der Waals surface area (Å²) in [7, 11) is 0. The van der Waals surface area contributed by atoms with Crippen molar-refractivity contribution in [2.45, 2.75) is 18.9 Å². The zero-order valence-electron chi connectivity index (χ0n) is 13.6. The van der Waals surface area contributed by atoms with Crippen molar-refractivity contribution < 1.29 is 4.79 Å². The van der Waals surface area contributed by atoms with Crippen LogP contribution in [0.4, 0.5) is 0 Å². The molecule has 1 aliphatic rings. The molecule has 2 heterocycles. The summed E-state index contributed by atoms with van der Waals surface area (Å²) < 4.78 is 1.83. The number of carbonyl (C=O) groups excluding carboxylic acids is 1. The molecule has 0 unspecified atom stereocenters. The second-order valence-corrected chi connectivity index (χ2v) is 6.78. The Morgan fingerprint density at radius 1 is 1.04 bits per heavy atom. The number of rotatable bonds is 2. The quantitative estimate of drug-likeness (QED) is 0.765. The molecule has 0 atom stereocenters. The first-order valence-corrected chi connectivity index (χ1v) is 8.75. The molecular weight excluding hydrogens is 338 g/mol. The standard InChI is InChI=1S/C19H18ClN3O2/c20-14-7-5-13(6-8-14)18(24)22-11-9-15(10-12-22)23-17-4-2-1-3-16(17)21-19(23)25/h1-8,15H,9-12H2,(H,21,25). The van der Waals surface area contributed by atoms with E-state index in [1.807, 2.05) is 33.7 Å². The van der Waals surface area contributed by atoms with Crippen molar-refractivity contribution >= 4 is 28.5 Å². The number of nitrogens with one attached hydrogen (secondary N) is 1. The third kappa shape index (κ3) is 2.96. The van der Waals surface area contributed by atoms with Gasteiger partial charge in [-0.2, -0.15) is 0 Å². The van der Waals surface area contributed by atoms with E-state index in [1.165, 1.54) is 0 Å². The van der Waals surface area contributed by atoms with Gasteiger partial charge in [0.05, 0.1) is 11.0 Å². The lowest BCUT2D eigenvalue weighted by atomic mass is 10.0. The number of para-hydroxylation sites is 2. The van der Waals surface area contributed by atoms with Gasteiger partial charge in [-0.15, -0.1) is 0 Å². The van der Waals surface area contributed by atoms with Crippen LogP contribution in [0.15, 0.2) is 53.3 Å². The van der Waals surface area contributed by atoms with Gasteiger partial charge in [0.1, 0.15) is 0 Å². The number of carbonyl (C=O) groups is 1. The number of halogens is 1. The summed E-state index contributed by atoms with van der Waals surface area (Å²) in [5.41, 5.74) is 2.35. The lowest BCUT2D eigenvalue weighted by Gasteiger charge is -2.32. The fraction of sp³-hybridized carbons (Fsp3) is 0.263. The lowest BCUT2D eigenvalue weighted by molar-refractivity contribution is 0.0695. The number of hydrogen-bond acceptors (Lipinski definition) is 2. The zero-order valence-corrected chi connectivity index (χ0v) is 14.4. The van der Waals surface area contributed by atoms with E-state index in [-0.39, 0.29) is 17.6 Å². The maximum Gasteiger partial charge on any atom is 0.326 e. The van der Waals surface area contributed by atoms with E-state index in [2.05, 4.69) is 4.98 Å². The molecule has 1 N–H and O–H groups in total. The predicted molar refractivity (Wildman–Crippen MR) is 98.2 cm³/mol. The molecule has 5 nitrogen and oxygen atoms in total. The number of likely N-dealkylation sites (tertiary alicyclic amines) is 1. The number of amides is 1. The van der Waals surface area contributed by atoms with E-state index >= 15 is 0 Å². The van der Waals surface area contributed by atoms with Crippen LogP contribution < -0.4 is 5.69 Å². The van der Waals surface area contributed by atoms with Gasteiger partial charge in [-0.25, -0.2) is 4.79 Å².